The van der Waals surface area contributed by atoms with Gasteiger partial charge in [-0.3, -0.25) is 0 Å². The second-order valence-corrected chi connectivity index (χ2v) is 2.09. The molecule has 4 heteroatoms. The first-order valence-electron chi connectivity index (χ1n) is 4.07. The fourth-order valence-electron chi connectivity index (χ4n) is 0. The molecule has 0 rings (SSSR count). The van der Waals surface area contributed by atoms with Gasteiger partial charge in [0.25, 0.3) is 0 Å². The summed E-state index contributed by atoms with van der Waals surface area (Å²) in [4.78, 5) is 0. The Morgan fingerprint density at radius 3 is 1.23 bits per heavy atom. The molecule has 0 heterocycles. The van der Waals surface area contributed by atoms with E-state index in [1.54, 1.807) is 0 Å². The van der Waals surface area contributed by atoms with Gasteiger partial charge in [0.2, 0.25) is 0 Å². The third kappa shape index (κ3) is 210. The van der Waals surface area contributed by atoms with Gasteiger partial charge in [-0.1, -0.05) is 26.7 Å². The summed E-state index contributed by atoms with van der Waals surface area (Å²) >= 11 is 0. The van der Waals surface area contributed by atoms with E-state index in [0.29, 0.717) is 0 Å². The summed E-state index contributed by atoms with van der Waals surface area (Å²) in [6.45, 7) is 10.7. The summed E-state index contributed by atoms with van der Waals surface area (Å²) in [5, 5.41) is 14.0. The van der Waals surface area contributed by atoms with Gasteiger partial charge < -0.3 is 22.9 Å². The van der Waals surface area contributed by atoms with Crippen LogP contribution in [0, 0.1) is 12.8 Å². The third-order valence-corrected chi connectivity index (χ3v) is 0.577. The van der Waals surface area contributed by atoms with Crippen molar-refractivity contribution in [3.63, 3.8) is 0 Å². The first kappa shape index (κ1) is 29.2. The fourth-order valence-corrected chi connectivity index (χ4v) is 0. The maximum Gasteiger partial charge on any atom is 0.0319 e. The zero-order valence-electron chi connectivity index (χ0n) is 9.67. The molecule has 0 aromatic heterocycles. The number of aliphatic hydroxyl groups is 2. The molecule has 4 N–H and O–H groups in total. The van der Waals surface area contributed by atoms with Gasteiger partial charge in [-0.2, -0.15) is 6.42 Å². The molecule has 0 bridgehead atoms. The first-order chi connectivity index (χ1) is 5.68. The molecule has 0 fully saturated rings. The van der Waals surface area contributed by atoms with Crippen LogP contribution in [0.3, 0.4) is 0 Å². The topological polar surface area (TPSA) is 66.5 Å². The predicted octanol–water partition coefficient (Wildman–Crippen LogP) is 1.05. The van der Waals surface area contributed by atoms with Crippen LogP contribution in [-0.2, 0) is 21.7 Å². The van der Waals surface area contributed by atoms with Crippen molar-refractivity contribution in [1.29, 1.82) is 0 Å². The Labute approximate surface area is 98.6 Å². The van der Waals surface area contributed by atoms with Gasteiger partial charge in [-0.05, 0) is 6.54 Å². The molecule has 0 aromatic rings. The van der Waals surface area contributed by atoms with Gasteiger partial charge in [0, 0.05) is 35.9 Å². The normalized spacial score (nSPS) is 6.00. The van der Waals surface area contributed by atoms with Crippen molar-refractivity contribution >= 4 is 0 Å². The number of rotatable bonds is 1. The van der Waals surface area contributed by atoms with Crippen LogP contribution in [0.15, 0.2) is 0 Å². The molecular formula is C9H26NO2Ti-. The minimum Gasteiger partial charge on any atom is -0.400 e. The molecule has 0 spiro atoms. The molecule has 84 valence electrons. The Morgan fingerprint density at radius 1 is 1.15 bits per heavy atom. The van der Waals surface area contributed by atoms with Crippen LogP contribution in [0.5, 0.6) is 0 Å². The molecule has 3 nitrogen and oxygen atoms in total. The molecule has 0 saturated carbocycles. The van der Waals surface area contributed by atoms with E-state index in [1.807, 2.05) is 6.92 Å². The fraction of sp³-hybridized carbons (Fsp3) is 0.889. The van der Waals surface area contributed by atoms with E-state index in [2.05, 4.69) is 20.8 Å². The van der Waals surface area contributed by atoms with Gasteiger partial charge in [0.1, 0.15) is 0 Å². The van der Waals surface area contributed by atoms with Crippen LogP contribution < -0.4 is 5.73 Å². The Bertz CT molecular complexity index is 38.8. The average Bonchev–Trinajstić information content (AvgIpc) is 2.13. The molecular weight excluding hydrogens is 202 g/mol. The SMILES string of the molecule is CCN.CO.CO.[CH2-]CC(C)C.[Ti]. The zero-order chi connectivity index (χ0) is 11.0. The molecule has 0 saturated heterocycles. The Balaban J connectivity index is -0.0000000235. The molecule has 0 unspecified atom stereocenters. The quantitative estimate of drug-likeness (QED) is 0.464. The number of nitrogens with two attached hydrogens (primary N) is 1. The number of hydrogen-bond acceptors (Lipinski definition) is 3. The second-order valence-electron chi connectivity index (χ2n) is 2.09. The summed E-state index contributed by atoms with van der Waals surface area (Å²) in [6.07, 6.45) is 1.06. The van der Waals surface area contributed by atoms with E-state index in [-0.39, 0.29) is 21.7 Å². The number of hydrogen-bond donors (Lipinski definition) is 3. The Morgan fingerprint density at radius 2 is 1.23 bits per heavy atom. The molecule has 0 radical (unpaired) electrons. The summed E-state index contributed by atoms with van der Waals surface area (Å²) in [7, 11) is 2.00. The largest absolute Gasteiger partial charge is 0.400 e. The van der Waals surface area contributed by atoms with Gasteiger partial charge >= 0.3 is 0 Å². The molecule has 0 aliphatic heterocycles. The van der Waals surface area contributed by atoms with Crippen LogP contribution in [0.25, 0.3) is 0 Å². The van der Waals surface area contributed by atoms with Crippen LogP contribution in [0.1, 0.15) is 27.2 Å². The molecule has 0 aliphatic carbocycles. The van der Waals surface area contributed by atoms with E-state index < -0.39 is 0 Å². The summed E-state index contributed by atoms with van der Waals surface area (Å²) < 4.78 is 0. The van der Waals surface area contributed by atoms with Crippen LogP contribution in [-0.4, -0.2) is 31.0 Å². The monoisotopic (exact) mass is 228 g/mol. The van der Waals surface area contributed by atoms with Crippen LogP contribution in [0.4, 0.5) is 0 Å². The minimum atomic E-state index is 0. The smallest absolute Gasteiger partial charge is 0.0319 e. The second kappa shape index (κ2) is 54.1. The van der Waals surface area contributed by atoms with Crippen molar-refractivity contribution in [2.75, 3.05) is 20.8 Å². The van der Waals surface area contributed by atoms with E-state index in [0.717, 1.165) is 33.1 Å². The Hall–Kier alpha value is 0.594. The molecule has 0 atom stereocenters. The molecule has 0 aliphatic rings. The standard InChI is InChI=1S/C5H11.C2H7N.2CH4O.Ti/c1-4-5(2)3;1-2-3;2*1-2;/h5H,1,4H2,2-3H3;2-3H2,1H3;2*2H,1H3;/q-1;;;;. The van der Waals surface area contributed by atoms with Crippen LogP contribution in [0.2, 0.25) is 0 Å². The van der Waals surface area contributed by atoms with Gasteiger partial charge in [0.15, 0.2) is 0 Å². The van der Waals surface area contributed by atoms with E-state index >= 15 is 0 Å². The maximum atomic E-state index is 7.00. The van der Waals surface area contributed by atoms with E-state index in [4.69, 9.17) is 15.9 Å². The summed E-state index contributed by atoms with van der Waals surface area (Å²) in [5.74, 6) is 0.773. The average molecular weight is 228 g/mol. The van der Waals surface area contributed by atoms with Crippen LogP contribution >= 0.6 is 0 Å². The predicted molar refractivity (Wildman–Crippen MR) is 55.8 cm³/mol. The zero-order valence-corrected chi connectivity index (χ0v) is 11.2. The van der Waals surface area contributed by atoms with E-state index in [1.165, 1.54) is 0 Å². The molecule has 0 aromatic carbocycles. The molecule has 13 heavy (non-hydrogen) atoms. The van der Waals surface area contributed by atoms with Gasteiger partial charge in [0.05, 0.1) is 0 Å². The molecule has 0 amide bonds. The third-order valence-electron chi connectivity index (χ3n) is 0.577. The summed E-state index contributed by atoms with van der Waals surface area (Å²) in [6, 6.07) is 0. The first-order valence-corrected chi connectivity index (χ1v) is 4.07. The minimum absolute atomic E-state index is 0. The van der Waals surface area contributed by atoms with Crippen molar-refractivity contribution < 1.29 is 31.9 Å². The van der Waals surface area contributed by atoms with Crippen molar-refractivity contribution in [3.8, 4) is 0 Å². The van der Waals surface area contributed by atoms with Crippen molar-refractivity contribution in [2.24, 2.45) is 11.7 Å². The summed E-state index contributed by atoms with van der Waals surface area (Å²) in [5.41, 5.74) is 4.85. The van der Waals surface area contributed by atoms with Crippen molar-refractivity contribution in [2.45, 2.75) is 27.2 Å². The van der Waals surface area contributed by atoms with Crippen molar-refractivity contribution in [1.82, 2.24) is 0 Å². The number of aliphatic hydroxyl groups excluding tert-OH is 2. The van der Waals surface area contributed by atoms with E-state index in [9.17, 15) is 0 Å². The maximum absolute atomic E-state index is 7.00. The Kier molecular flexibility index (Phi) is 121. The van der Waals surface area contributed by atoms with Gasteiger partial charge in [-0.25, -0.2) is 0 Å². The van der Waals surface area contributed by atoms with Gasteiger partial charge in [-0.15, -0.1) is 0 Å². The van der Waals surface area contributed by atoms with Crippen molar-refractivity contribution in [3.05, 3.63) is 6.92 Å².